The van der Waals surface area contributed by atoms with Gasteiger partial charge in [0.25, 0.3) is 0 Å². The second-order valence-corrected chi connectivity index (χ2v) is 4.47. The fourth-order valence-corrected chi connectivity index (χ4v) is 2.04. The highest BCUT2D eigenvalue weighted by molar-refractivity contribution is 5.80. The molecule has 2 N–H and O–H groups in total. The maximum Gasteiger partial charge on any atom is 0.305 e. The van der Waals surface area contributed by atoms with Gasteiger partial charge >= 0.3 is 5.97 Å². The predicted octanol–water partition coefficient (Wildman–Crippen LogP) is 1.65. The van der Waals surface area contributed by atoms with Gasteiger partial charge in [0.1, 0.15) is 5.75 Å². The largest absolute Gasteiger partial charge is 0.508 e. The van der Waals surface area contributed by atoms with Crippen LogP contribution >= 0.6 is 0 Å². The average Bonchev–Trinajstić information content (AvgIpc) is 2.28. The minimum atomic E-state index is -0.920. The van der Waals surface area contributed by atoms with Crippen molar-refractivity contribution in [2.24, 2.45) is 0 Å². The van der Waals surface area contributed by atoms with Crippen molar-refractivity contribution >= 4 is 11.9 Å². The first-order chi connectivity index (χ1) is 8.93. The number of nitrogens with zero attached hydrogens (tertiary/aromatic N) is 1. The Kier molecular flexibility index (Phi) is 5.36. The maximum absolute atomic E-state index is 12.1. The van der Waals surface area contributed by atoms with E-state index in [1.54, 1.807) is 25.1 Å². The number of hydrogen-bond acceptors (Lipinski definition) is 3. The van der Waals surface area contributed by atoms with Crippen molar-refractivity contribution < 1.29 is 19.8 Å². The number of carboxylic acids is 1. The Morgan fingerprint density at radius 1 is 1.37 bits per heavy atom. The van der Waals surface area contributed by atoms with Gasteiger partial charge in [0, 0.05) is 12.6 Å². The molecule has 1 aromatic carbocycles. The van der Waals surface area contributed by atoms with Crippen molar-refractivity contribution in [3.05, 3.63) is 29.8 Å². The predicted molar refractivity (Wildman–Crippen MR) is 70.9 cm³/mol. The van der Waals surface area contributed by atoms with Crippen LogP contribution in [0.2, 0.25) is 0 Å². The number of phenolic OH excluding ortho intramolecular Hbond substituents is 1. The van der Waals surface area contributed by atoms with Crippen molar-refractivity contribution in [1.82, 2.24) is 4.90 Å². The van der Waals surface area contributed by atoms with E-state index in [-0.39, 0.29) is 30.5 Å². The first-order valence-electron chi connectivity index (χ1n) is 6.23. The van der Waals surface area contributed by atoms with Crippen LogP contribution in [0.4, 0.5) is 0 Å². The summed E-state index contributed by atoms with van der Waals surface area (Å²) in [6, 6.07) is 6.17. The average molecular weight is 265 g/mol. The lowest BCUT2D eigenvalue weighted by molar-refractivity contribution is -0.140. The summed E-state index contributed by atoms with van der Waals surface area (Å²) in [4.78, 5) is 24.4. The maximum atomic E-state index is 12.1. The van der Waals surface area contributed by atoms with E-state index < -0.39 is 5.97 Å². The lowest BCUT2D eigenvalue weighted by Gasteiger charge is -2.27. The molecule has 5 heteroatoms. The van der Waals surface area contributed by atoms with Crippen LogP contribution in [-0.4, -0.2) is 39.6 Å². The van der Waals surface area contributed by atoms with Gasteiger partial charge in [0.2, 0.25) is 5.91 Å². The molecule has 1 rings (SSSR count). The summed E-state index contributed by atoms with van der Waals surface area (Å²) >= 11 is 0. The molecule has 1 atom stereocenters. The number of carbonyl (C=O) groups excluding carboxylic acids is 1. The highest BCUT2D eigenvalue weighted by atomic mass is 16.4. The molecule has 0 aliphatic heterocycles. The van der Waals surface area contributed by atoms with E-state index in [0.717, 1.165) is 0 Å². The normalized spacial score (nSPS) is 11.9. The fraction of sp³-hybridized carbons (Fsp3) is 0.429. The number of amides is 1. The molecule has 0 saturated carbocycles. The third kappa shape index (κ3) is 4.62. The lowest BCUT2D eigenvalue weighted by atomic mass is 10.1. The van der Waals surface area contributed by atoms with Gasteiger partial charge in [0.15, 0.2) is 0 Å². The number of aromatic hydroxyl groups is 1. The quantitative estimate of drug-likeness (QED) is 0.819. The Bertz CT molecular complexity index is 459. The number of aliphatic carboxylic acids is 1. The Balaban J connectivity index is 2.71. The van der Waals surface area contributed by atoms with Gasteiger partial charge in [0.05, 0.1) is 12.8 Å². The van der Waals surface area contributed by atoms with Crippen LogP contribution in [-0.2, 0) is 16.0 Å². The van der Waals surface area contributed by atoms with Crippen LogP contribution in [0.3, 0.4) is 0 Å². The third-order valence-electron chi connectivity index (χ3n) is 2.93. The van der Waals surface area contributed by atoms with Crippen LogP contribution in [0.25, 0.3) is 0 Å². The smallest absolute Gasteiger partial charge is 0.305 e. The first-order valence-corrected chi connectivity index (χ1v) is 6.23. The van der Waals surface area contributed by atoms with E-state index in [1.807, 2.05) is 6.92 Å². The molecule has 0 spiro atoms. The van der Waals surface area contributed by atoms with Crippen LogP contribution in [0.1, 0.15) is 25.8 Å². The van der Waals surface area contributed by atoms with E-state index in [0.29, 0.717) is 12.1 Å². The number of carboxylic acid groups (broad SMARTS) is 1. The molecule has 1 amide bonds. The van der Waals surface area contributed by atoms with Crippen molar-refractivity contribution in [2.75, 3.05) is 6.54 Å². The molecular weight excluding hydrogens is 246 g/mol. The zero-order chi connectivity index (χ0) is 14.4. The third-order valence-corrected chi connectivity index (χ3v) is 2.93. The Morgan fingerprint density at radius 3 is 2.58 bits per heavy atom. The van der Waals surface area contributed by atoms with Crippen molar-refractivity contribution in [2.45, 2.75) is 32.7 Å². The number of carbonyl (C=O) groups is 2. The second kappa shape index (κ2) is 6.78. The number of rotatable bonds is 6. The van der Waals surface area contributed by atoms with Gasteiger partial charge in [-0.3, -0.25) is 9.59 Å². The van der Waals surface area contributed by atoms with E-state index in [9.17, 15) is 14.7 Å². The van der Waals surface area contributed by atoms with Crippen molar-refractivity contribution in [3.63, 3.8) is 0 Å². The number of benzene rings is 1. The Hall–Kier alpha value is -2.04. The van der Waals surface area contributed by atoms with Crippen LogP contribution < -0.4 is 0 Å². The number of hydrogen-bond donors (Lipinski definition) is 2. The Labute approximate surface area is 112 Å². The number of likely N-dealkylation sites (N-methyl/N-ethyl adjacent to an activating group) is 1. The zero-order valence-corrected chi connectivity index (χ0v) is 11.2. The monoisotopic (exact) mass is 265 g/mol. The summed E-state index contributed by atoms with van der Waals surface area (Å²) in [5.41, 5.74) is 0.714. The molecule has 0 heterocycles. The highest BCUT2D eigenvalue weighted by Crippen LogP contribution is 2.13. The lowest BCUT2D eigenvalue weighted by Crippen LogP contribution is -2.40. The standard InChI is InChI=1S/C14H19NO4/c1-3-15(10(2)7-14(18)19)13(17)9-11-5-4-6-12(16)8-11/h4-6,8,10,16H,3,7,9H2,1-2H3,(H,18,19). The summed E-state index contributed by atoms with van der Waals surface area (Å²) in [6.07, 6.45) is 0.0891. The summed E-state index contributed by atoms with van der Waals surface area (Å²) in [7, 11) is 0. The van der Waals surface area contributed by atoms with Gasteiger partial charge < -0.3 is 15.1 Å². The van der Waals surface area contributed by atoms with Crippen LogP contribution in [0, 0.1) is 0 Å². The molecule has 0 aliphatic carbocycles. The minimum Gasteiger partial charge on any atom is -0.508 e. The SMILES string of the molecule is CCN(C(=O)Cc1cccc(O)c1)C(C)CC(=O)O. The molecule has 0 bridgehead atoms. The molecule has 1 aromatic rings. The van der Waals surface area contributed by atoms with Gasteiger partial charge in [-0.05, 0) is 31.5 Å². The molecular formula is C14H19NO4. The van der Waals surface area contributed by atoms with E-state index >= 15 is 0 Å². The van der Waals surface area contributed by atoms with Crippen LogP contribution in [0.15, 0.2) is 24.3 Å². The van der Waals surface area contributed by atoms with Crippen molar-refractivity contribution in [1.29, 1.82) is 0 Å². The van der Waals surface area contributed by atoms with E-state index in [2.05, 4.69) is 0 Å². The molecule has 19 heavy (non-hydrogen) atoms. The van der Waals surface area contributed by atoms with Crippen molar-refractivity contribution in [3.8, 4) is 5.75 Å². The molecule has 5 nitrogen and oxygen atoms in total. The second-order valence-electron chi connectivity index (χ2n) is 4.47. The molecule has 0 fully saturated rings. The molecule has 104 valence electrons. The molecule has 0 saturated heterocycles. The van der Waals surface area contributed by atoms with Crippen LogP contribution in [0.5, 0.6) is 5.75 Å². The van der Waals surface area contributed by atoms with Gasteiger partial charge in [-0.15, -0.1) is 0 Å². The van der Waals surface area contributed by atoms with E-state index in [1.165, 1.54) is 11.0 Å². The van der Waals surface area contributed by atoms with Gasteiger partial charge in [-0.25, -0.2) is 0 Å². The molecule has 0 aliphatic rings. The topological polar surface area (TPSA) is 77.8 Å². The van der Waals surface area contributed by atoms with Gasteiger partial charge in [-0.1, -0.05) is 12.1 Å². The molecule has 0 radical (unpaired) electrons. The molecule has 1 unspecified atom stereocenters. The summed E-state index contributed by atoms with van der Waals surface area (Å²) < 4.78 is 0. The summed E-state index contributed by atoms with van der Waals surface area (Å²) in [5, 5.41) is 18.1. The first kappa shape index (κ1) is 15.0. The summed E-state index contributed by atoms with van der Waals surface area (Å²) in [6.45, 7) is 4.00. The fourth-order valence-electron chi connectivity index (χ4n) is 2.04. The van der Waals surface area contributed by atoms with Gasteiger partial charge in [-0.2, -0.15) is 0 Å². The van der Waals surface area contributed by atoms with E-state index in [4.69, 9.17) is 5.11 Å². The molecule has 0 aromatic heterocycles. The number of phenols is 1. The highest BCUT2D eigenvalue weighted by Gasteiger charge is 2.20. The zero-order valence-electron chi connectivity index (χ0n) is 11.2. The minimum absolute atomic E-state index is 0.0698. The Morgan fingerprint density at radius 2 is 2.05 bits per heavy atom. The summed E-state index contributed by atoms with van der Waals surface area (Å²) in [5.74, 6) is -0.940.